The Kier molecular flexibility index (Phi) is 5.49. The van der Waals surface area contributed by atoms with Crippen LogP contribution in [0.3, 0.4) is 0 Å². The van der Waals surface area contributed by atoms with Gasteiger partial charge in [0.25, 0.3) is 0 Å². The number of Topliss-reactive ketones (excluding diaryl/α,β-unsaturated/α-hetero) is 1. The first-order chi connectivity index (χ1) is 7.69. The van der Waals surface area contributed by atoms with Crippen LogP contribution in [0.2, 0.25) is 0 Å². The van der Waals surface area contributed by atoms with Crippen molar-refractivity contribution in [2.75, 3.05) is 20.3 Å². The van der Waals surface area contributed by atoms with E-state index in [4.69, 9.17) is 9.47 Å². The van der Waals surface area contributed by atoms with Gasteiger partial charge in [0.1, 0.15) is 12.4 Å². The van der Waals surface area contributed by atoms with E-state index in [0.29, 0.717) is 17.9 Å². The van der Waals surface area contributed by atoms with E-state index in [1.165, 1.54) is 0 Å². The topological polar surface area (TPSA) is 35.5 Å². The lowest BCUT2D eigenvalue weighted by Crippen LogP contribution is -2.10. The fourth-order valence-corrected chi connectivity index (χ4v) is 1.70. The third-order valence-corrected chi connectivity index (χ3v) is 2.75. The molecule has 3 nitrogen and oxygen atoms in total. The third kappa shape index (κ3) is 3.61. The Morgan fingerprint density at radius 1 is 1.44 bits per heavy atom. The molecule has 0 aliphatic carbocycles. The van der Waals surface area contributed by atoms with Gasteiger partial charge in [-0.05, 0) is 24.6 Å². The van der Waals surface area contributed by atoms with Gasteiger partial charge in [-0.2, -0.15) is 0 Å². The van der Waals surface area contributed by atoms with Gasteiger partial charge < -0.3 is 9.47 Å². The first-order valence-corrected chi connectivity index (χ1v) is 5.92. The van der Waals surface area contributed by atoms with Gasteiger partial charge in [0, 0.05) is 16.6 Å². The third-order valence-electron chi connectivity index (χ3n) is 2.06. The Morgan fingerprint density at radius 2 is 2.19 bits per heavy atom. The Labute approximate surface area is 104 Å². The van der Waals surface area contributed by atoms with E-state index >= 15 is 0 Å². The summed E-state index contributed by atoms with van der Waals surface area (Å²) in [6.07, 6.45) is 0.909. The molecule has 0 heterocycles. The monoisotopic (exact) mass is 286 g/mol. The van der Waals surface area contributed by atoms with Gasteiger partial charge in [-0.1, -0.05) is 22.9 Å². The van der Waals surface area contributed by atoms with Gasteiger partial charge in [-0.15, -0.1) is 0 Å². The number of hydrogen-bond acceptors (Lipinski definition) is 3. The predicted molar refractivity (Wildman–Crippen MR) is 66.1 cm³/mol. The minimum Gasteiger partial charge on any atom is -0.497 e. The van der Waals surface area contributed by atoms with Crippen molar-refractivity contribution in [3.05, 3.63) is 28.2 Å². The summed E-state index contributed by atoms with van der Waals surface area (Å²) in [4.78, 5) is 11.8. The van der Waals surface area contributed by atoms with Crippen LogP contribution in [0.5, 0.6) is 5.75 Å². The molecular formula is C12H15BrO3. The number of ketones is 1. The minimum absolute atomic E-state index is 0.0424. The molecule has 0 spiro atoms. The molecule has 1 aromatic rings. The van der Waals surface area contributed by atoms with Crippen molar-refractivity contribution in [2.24, 2.45) is 0 Å². The quantitative estimate of drug-likeness (QED) is 0.596. The Hall–Kier alpha value is -0.870. The highest BCUT2D eigenvalue weighted by Crippen LogP contribution is 2.22. The zero-order valence-electron chi connectivity index (χ0n) is 9.46. The molecule has 4 heteroatoms. The number of rotatable bonds is 6. The molecular weight excluding hydrogens is 272 g/mol. The largest absolute Gasteiger partial charge is 0.497 e. The van der Waals surface area contributed by atoms with Crippen LogP contribution in [0.25, 0.3) is 0 Å². The lowest BCUT2D eigenvalue weighted by molar-refractivity contribution is 0.0760. The average molecular weight is 287 g/mol. The Morgan fingerprint density at radius 3 is 2.81 bits per heavy atom. The first kappa shape index (κ1) is 13.2. The van der Waals surface area contributed by atoms with Gasteiger partial charge in [-0.3, -0.25) is 4.79 Å². The van der Waals surface area contributed by atoms with Crippen molar-refractivity contribution in [3.63, 3.8) is 0 Å². The number of methoxy groups -OCH3 is 1. The highest BCUT2D eigenvalue weighted by atomic mass is 79.9. The van der Waals surface area contributed by atoms with Crippen LogP contribution in [-0.4, -0.2) is 26.1 Å². The SMILES string of the molecule is CCCOCC(=O)c1cc(OC)ccc1Br. The maximum atomic E-state index is 11.8. The van der Waals surface area contributed by atoms with Gasteiger partial charge in [0.05, 0.1) is 7.11 Å². The molecule has 88 valence electrons. The van der Waals surface area contributed by atoms with Crippen LogP contribution in [0, 0.1) is 0 Å². The highest BCUT2D eigenvalue weighted by Gasteiger charge is 2.11. The summed E-state index contributed by atoms with van der Waals surface area (Å²) in [5, 5.41) is 0. The summed E-state index contributed by atoms with van der Waals surface area (Å²) in [5.74, 6) is 0.626. The molecule has 0 saturated carbocycles. The van der Waals surface area contributed by atoms with Crippen molar-refractivity contribution in [1.29, 1.82) is 0 Å². The zero-order valence-corrected chi connectivity index (χ0v) is 11.0. The standard InChI is InChI=1S/C12H15BrO3/c1-3-6-16-8-12(14)10-7-9(15-2)4-5-11(10)13/h4-5,7H,3,6,8H2,1-2H3. The second-order valence-electron chi connectivity index (χ2n) is 3.32. The van der Waals surface area contributed by atoms with Crippen LogP contribution < -0.4 is 4.74 Å². The van der Waals surface area contributed by atoms with E-state index in [9.17, 15) is 4.79 Å². The van der Waals surface area contributed by atoms with Gasteiger partial charge in [0.15, 0.2) is 5.78 Å². The number of benzene rings is 1. The molecule has 1 rings (SSSR count). The number of carbonyl (C=O) groups is 1. The van der Waals surface area contributed by atoms with E-state index in [0.717, 1.165) is 10.9 Å². The normalized spacial score (nSPS) is 10.2. The molecule has 0 unspecified atom stereocenters. The highest BCUT2D eigenvalue weighted by molar-refractivity contribution is 9.10. The summed E-state index contributed by atoms with van der Waals surface area (Å²) in [6, 6.07) is 5.31. The molecule has 0 bridgehead atoms. The molecule has 0 aromatic heterocycles. The van der Waals surface area contributed by atoms with Gasteiger partial charge in [-0.25, -0.2) is 0 Å². The van der Waals surface area contributed by atoms with E-state index in [1.54, 1.807) is 25.3 Å². The fraction of sp³-hybridized carbons (Fsp3) is 0.417. The van der Waals surface area contributed by atoms with Crippen LogP contribution in [-0.2, 0) is 4.74 Å². The van der Waals surface area contributed by atoms with Crippen LogP contribution in [0.1, 0.15) is 23.7 Å². The second kappa shape index (κ2) is 6.66. The van der Waals surface area contributed by atoms with Crippen molar-refractivity contribution in [2.45, 2.75) is 13.3 Å². The summed E-state index contributed by atoms with van der Waals surface area (Å²) in [7, 11) is 1.57. The zero-order chi connectivity index (χ0) is 12.0. The summed E-state index contributed by atoms with van der Waals surface area (Å²) < 4.78 is 11.1. The summed E-state index contributed by atoms with van der Waals surface area (Å²) in [5.41, 5.74) is 0.593. The van der Waals surface area contributed by atoms with E-state index in [-0.39, 0.29) is 12.4 Å². The first-order valence-electron chi connectivity index (χ1n) is 5.13. The Bertz CT molecular complexity index is 363. The molecule has 0 atom stereocenters. The van der Waals surface area contributed by atoms with Crippen molar-refractivity contribution < 1.29 is 14.3 Å². The van der Waals surface area contributed by atoms with Crippen molar-refractivity contribution >= 4 is 21.7 Å². The summed E-state index contributed by atoms with van der Waals surface area (Å²) >= 11 is 3.34. The molecule has 0 aliphatic heterocycles. The number of halogens is 1. The Balaban J connectivity index is 2.73. The maximum absolute atomic E-state index is 11.8. The molecule has 0 N–H and O–H groups in total. The molecule has 16 heavy (non-hydrogen) atoms. The maximum Gasteiger partial charge on any atom is 0.189 e. The molecule has 0 radical (unpaired) electrons. The molecule has 0 amide bonds. The van der Waals surface area contributed by atoms with E-state index < -0.39 is 0 Å². The predicted octanol–water partition coefficient (Wildman–Crippen LogP) is 3.07. The molecule has 1 aromatic carbocycles. The number of hydrogen-bond donors (Lipinski definition) is 0. The van der Waals surface area contributed by atoms with Crippen LogP contribution in [0.4, 0.5) is 0 Å². The summed E-state index contributed by atoms with van der Waals surface area (Å²) in [6.45, 7) is 2.72. The lowest BCUT2D eigenvalue weighted by Gasteiger charge is -2.06. The van der Waals surface area contributed by atoms with Crippen molar-refractivity contribution in [1.82, 2.24) is 0 Å². The van der Waals surface area contributed by atoms with Crippen LogP contribution >= 0.6 is 15.9 Å². The molecule has 0 aliphatic rings. The van der Waals surface area contributed by atoms with Crippen molar-refractivity contribution in [3.8, 4) is 5.75 Å². The van der Waals surface area contributed by atoms with E-state index in [1.807, 2.05) is 6.92 Å². The fourth-order valence-electron chi connectivity index (χ4n) is 1.23. The van der Waals surface area contributed by atoms with Gasteiger partial charge in [0.2, 0.25) is 0 Å². The smallest absolute Gasteiger partial charge is 0.189 e. The number of carbonyl (C=O) groups excluding carboxylic acids is 1. The van der Waals surface area contributed by atoms with E-state index in [2.05, 4.69) is 15.9 Å². The molecule has 0 fully saturated rings. The number of ether oxygens (including phenoxy) is 2. The second-order valence-corrected chi connectivity index (χ2v) is 4.18. The lowest BCUT2D eigenvalue weighted by atomic mass is 10.1. The molecule has 0 saturated heterocycles. The van der Waals surface area contributed by atoms with Gasteiger partial charge >= 0.3 is 0 Å². The minimum atomic E-state index is -0.0424. The van der Waals surface area contributed by atoms with Crippen LogP contribution in [0.15, 0.2) is 22.7 Å². The average Bonchev–Trinajstić information content (AvgIpc) is 2.30.